The zero-order valence-corrected chi connectivity index (χ0v) is 11.2. The highest BCUT2D eigenvalue weighted by Crippen LogP contribution is 2.54. The van der Waals surface area contributed by atoms with Crippen molar-refractivity contribution < 1.29 is 9.90 Å². The van der Waals surface area contributed by atoms with Crippen LogP contribution in [0.1, 0.15) is 46.5 Å². The van der Waals surface area contributed by atoms with Crippen LogP contribution in [0.15, 0.2) is 12.2 Å². The Morgan fingerprint density at radius 2 is 2.12 bits per heavy atom. The Morgan fingerprint density at radius 3 is 2.71 bits per heavy atom. The molecule has 5 unspecified atom stereocenters. The molecule has 2 fully saturated rings. The number of rotatable bonds is 1. The molecule has 2 heteroatoms. The summed E-state index contributed by atoms with van der Waals surface area (Å²) < 4.78 is 0. The zero-order chi connectivity index (χ0) is 12.8. The Kier molecular flexibility index (Phi) is 3.19. The smallest absolute Gasteiger partial charge is 0.139 e. The van der Waals surface area contributed by atoms with E-state index < -0.39 is 6.10 Å². The molecule has 0 spiro atoms. The van der Waals surface area contributed by atoms with Crippen LogP contribution >= 0.6 is 0 Å². The van der Waals surface area contributed by atoms with Gasteiger partial charge in [0.1, 0.15) is 5.78 Å². The van der Waals surface area contributed by atoms with E-state index in [1.54, 1.807) is 0 Å². The van der Waals surface area contributed by atoms with Gasteiger partial charge in [0.25, 0.3) is 0 Å². The topological polar surface area (TPSA) is 37.3 Å². The van der Waals surface area contributed by atoms with Gasteiger partial charge in [-0.3, -0.25) is 4.79 Å². The van der Waals surface area contributed by atoms with Crippen LogP contribution in [0.4, 0.5) is 0 Å². The molecule has 2 aliphatic carbocycles. The zero-order valence-electron chi connectivity index (χ0n) is 11.2. The molecule has 2 nitrogen and oxygen atoms in total. The van der Waals surface area contributed by atoms with E-state index in [0.29, 0.717) is 12.3 Å². The molecule has 0 aliphatic heterocycles. The first kappa shape index (κ1) is 12.8. The average molecular weight is 236 g/mol. The summed E-state index contributed by atoms with van der Waals surface area (Å²) in [7, 11) is 0. The number of aliphatic hydroxyl groups is 1. The SMILES string of the molecule is C=C(C)C1CCC2C(=O)CC(O)C(C)C2(C)C1. The first-order chi connectivity index (χ1) is 7.86. The molecule has 2 saturated carbocycles. The van der Waals surface area contributed by atoms with E-state index in [2.05, 4.69) is 27.4 Å². The lowest BCUT2D eigenvalue weighted by Crippen LogP contribution is -2.52. The number of carbonyl (C=O) groups is 1. The second kappa shape index (κ2) is 4.24. The Balaban J connectivity index is 2.28. The number of fused-ring (bicyclic) bond motifs is 1. The van der Waals surface area contributed by atoms with Gasteiger partial charge < -0.3 is 5.11 Å². The standard InChI is InChI=1S/C15H24O2/c1-9(2)11-5-6-12-14(17)7-13(16)10(3)15(12,4)8-11/h10-13,16H,1,5-8H2,2-4H3. The van der Waals surface area contributed by atoms with Gasteiger partial charge in [-0.2, -0.15) is 0 Å². The second-order valence-corrected chi connectivity index (χ2v) is 6.41. The van der Waals surface area contributed by atoms with Crippen molar-refractivity contribution in [3.05, 3.63) is 12.2 Å². The van der Waals surface area contributed by atoms with Gasteiger partial charge in [0, 0.05) is 12.3 Å². The minimum Gasteiger partial charge on any atom is -0.392 e. The Morgan fingerprint density at radius 1 is 1.47 bits per heavy atom. The van der Waals surface area contributed by atoms with Gasteiger partial charge in [-0.15, -0.1) is 0 Å². The third kappa shape index (κ3) is 1.97. The van der Waals surface area contributed by atoms with Crippen LogP contribution in [0.3, 0.4) is 0 Å². The van der Waals surface area contributed by atoms with Crippen LogP contribution in [0, 0.1) is 23.2 Å². The Hall–Kier alpha value is -0.630. The van der Waals surface area contributed by atoms with Crippen LogP contribution in [0.2, 0.25) is 0 Å². The lowest BCUT2D eigenvalue weighted by Gasteiger charge is -2.52. The van der Waals surface area contributed by atoms with Gasteiger partial charge >= 0.3 is 0 Å². The lowest BCUT2D eigenvalue weighted by molar-refractivity contribution is -0.147. The molecule has 0 radical (unpaired) electrons. The fourth-order valence-electron chi connectivity index (χ4n) is 3.89. The van der Waals surface area contributed by atoms with Gasteiger partial charge in [0.2, 0.25) is 0 Å². The molecule has 0 aromatic carbocycles. The lowest BCUT2D eigenvalue weighted by atomic mass is 9.52. The first-order valence-corrected chi connectivity index (χ1v) is 6.72. The van der Waals surface area contributed by atoms with Gasteiger partial charge in [0.15, 0.2) is 0 Å². The summed E-state index contributed by atoms with van der Waals surface area (Å²) >= 11 is 0. The number of ketones is 1. The van der Waals surface area contributed by atoms with E-state index in [-0.39, 0.29) is 23.0 Å². The molecular formula is C15H24O2. The van der Waals surface area contributed by atoms with E-state index in [1.165, 1.54) is 5.57 Å². The van der Waals surface area contributed by atoms with Crippen molar-refractivity contribution in [1.29, 1.82) is 0 Å². The number of aliphatic hydroxyl groups excluding tert-OH is 1. The molecule has 2 aliphatic rings. The summed E-state index contributed by atoms with van der Waals surface area (Å²) in [5.41, 5.74) is 1.20. The maximum atomic E-state index is 12.1. The molecule has 0 saturated heterocycles. The summed E-state index contributed by atoms with van der Waals surface area (Å²) in [6, 6.07) is 0. The van der Waals surface area contributed by atoms with Crippen molar-refractivity contribution in [3.63, 3.8) is 0 Å². The van der Waals surface area contributed by atoms with Crippen molar-refractivity contribution in [2.45, 2.75) is 52.6 Å². The fourth-order valence-corrected chi connectivity index (χ4v) is 3.89. The van der Waals surface area contributed by atoms with Crippen LogP contribution in [0.5, 0.6) is 0 Å². The molecule has 0 amide bonds. The summed E-state index contributed by atoms with van der Waals surface area (Å²) in [4.78, 5) is 12.1. The number of allylic oxidation sites excluding steroid dienone is 1. The molecule has 0 heterocycles. The average Bonchev–Trinajstić information content (AvgIpc) is 2.25. The molecule has 0 aromatic rings. The van der Waals surface area contributed by atoms with Crippen molar-refractivity contribution in [1.82, 2.24) is 0 Å². The van der Waals surface area contributed by atoms with Gasteiger partial charge in [-0.05, 0) is 43.4 Å². The van der Waals surface area contributed by atoms with Crippen LogP contribution < -0.4 is 0 Å². The largest absolute Gasteiger partial charge is 0.392 e. The highest BCUT2D eigenvalue weighted by molar-refractivity contribution is 5.83. The first-order valence-electron chi connectivity index (χ1n) is 6.72. The van der Waals surface area contributed by atoms with E-state index in [0.717, 1.165) is 19.3 Å². The van der Waals surface area contributed by atoms with Crippen molar-refractivity contribution in [2.24, 2.45) is 23.2 Å². The molecule has 1 N–H and O–H groups in total. The summed E-state index contributed by atoms with van der Waals surface area (Å²) in [6.07, 6.45) is 2.98. The number of Topliss-reactive ketones (excluding diaryl/α,β-unsaturated/α-hetero) is 1. The molecule has 0 bridgehead atoms. The Bertz CT molecular complexity index is 347. The van der Waals surface area contributed by atoms with Crippen molar-refractivity contribution in [3.8, 4) is 0 Å². The van der Waals surface area contributed by atoms with E-state index >= 15 is 0 Å². The van der Waals surface area contributed by atoms with E-state index in [4.69, 9.17) is 0 Å². The Labute approximate surface area is 104 Å². The predicted octanol–water partition coefficient (Wildman–Crippen LogP) is 2.95. The van der Waals surface area contributed by atoms with Gasteiger partial charge in [-0.1, -0.05) is 26.0 Å². The highest BCUT2D eigenvalue weighted by atomic mass is 16.3. The fraction of sp³-hybridized carbons (Fsp3) is 0.800. The molecule has 0 aromatic heterocycles. The number of hydrogen-bond acceptors (Lipinski definition) is 2. The molecule has 96 valence electrons. The van der Waals surface area contributed by atoms with E-state index in [1.807, 2.05) is 0 Å². The molecule has 2 rings (SSSR count). The van der Waals surface area contributed by atoms with E-state index in [9.17, 15) is 9.90 Å². The molecular weight excluding hydrogens is 212 g/mol. The third-order valence-electron chi connectivity index (χ3n) is 5.40. The minimum absolute atomic E-state index is 0.0311. The van der Waals surface area contributed by atoms with Crippen LogP contribution in [-0.4, -0.2) is 17.0 Å². The summed E-state index contributed by atoms with van der Waals surface area (Å²) in [6.45, 7) is 10.4. The quantitative estimate of drug-likeness (QED) is 0.711. The number of hydrogen-bond donors (Lipinski definition) is 1. The number of carbonyl (C=O) groups excluding carboxylic acids is 1. The maximum absolute atomic E-state index is 12.1. The third-order valence-corrected chi connectivity index (χ3v) is 5.40. The molecule has 5 atom stereocenters. The normalized spacial score (nSPS) is 46.5. The molecule has 17 heavy (non-hydrogen) atoms. The van der Waals surface area contributed by atoms with Gasteiger partial charge in [-0.25, -0.2) is 0 Å². The van der Waals surface area contributed by atoms with Gasteiger partial charge in [0.05, 0.1) is 6.10 Å². The van der Waals surface area contributed by atoms with Crippen LogP contribution in [0.25, 0.3) is 0 Å². The second-order valence-electron chi connectivity index (χ2n) is 6.41. The maximum Gasteiger partial charge on any atom is 0.139 e. The highest BCUT2D eigenvalue weighted by Gasteiger charge is 2.52. The van der Waals surface area contributed by atoms with Crippen LogP contribution in [-0.2, 0) is 4.79 Å². The summed E-state index contributed by atoms with van der Waals surface area (Å²) in [5, 5.41) is 10.0. The minimum atomic E-state index is -0.451. The predicted molar refractivity (Wildman–Crippen MR) is 68.5 cm³/mol. The van der Waals surface area contributed by atoms with Crippen molar-refractivity contribution >= 4 is 5.78 Å². The van der Waals surface area contributed by atoms with Crippen molar-refractivity contribution in [2.75, 3.05) is 0 Å². The summed E-state index contributed by atoms with van der Waals surface area (Å²) in [5.74, 6) is 1.18. The monoisotopic (exact) mass is 236 g/mol.